The van der Waals surface area contributed by atoms with Crippen molar-refractivity contribution in [3.05, 3.63) is 17.7 Å². The highest BCUT2D eigenvalue weighted by atomic mass is 16.5. The van der Waals surface area contributed by atoms with E-state index in [-0.39, 0.29) is 0 Å². The maximum Gasteiger partial charge on any atom is 0.142 e. The van der Waals surface area contributed by atoms with Gasteiger partial charge in [-0.25, -0.2) is 0 Å². The first kappa shape index (κ1) is 14.0. The Morgan fingerprint density at radius 1 is 1.21 bits per heavy atom. The Morgan fingerprint density at radius 2 is 1.95 bits per heavy atom. The minimum Gasteiger partial charge on any atom is -0.496 e. The molecule has 0 amide bonds. The summed E-state index contributed by atoms with van der Waals surface area (Å²) in [6, 6.07) is 4.72. The van der Waals surface area contributed by atoms with Crippen molar-refractivity contribution < 1.29 is 9.47 Å². The fourth-order valence-electron chi connectivity index (χ4n) is 2.65. The lowest BCUT2D eigenvalue weighted by molar-refractivity contribution is 0.397. The molecule has 1 aromatic carbocycles. The van der Waals surface area contributed by atoms with Gasteiger partial charge >= 0.3 is 0 Å². The number of hydrogen-bond donors (Lipinski definition) is 1. The molecule has 4 heteroatoms. The molecule has 0 spiro atoms. The highest BCUT2D eigenvalue weighted by molar-refractivity contribution is 5.63. The molecule has 1 atom stereocenters. The number of nitrogens with one attached hydrogen (secondary N) is 1. The Balaban J connectivity index is 2.30. The van der Waals surface area contributed by atoms with Gasteiger partial charge in [-0.15, -0.1) is 0 Å². The maximum atomic E-state index is 5.54. The van der Waals surface area contributed by atoms with Gasteiger partial charge in [-0.05, 0) is 37.4 Å². The van der Waals surface area contributed by atoms with Crippen molar-refractivity contribution in [3.63, 3.8) is 0 Å². The molecule has 1 aliphatic heterocycles. The zero-order valence-corrected chi connectivity index (χ0v) is 12.3. The van der Waals surface area contributed by atoms with E-state index in [1.807, 2.05) is 19.0 Å². The molecule has 1 saturated heterocycles. The minimum absolute atomic E-state index is 0.559. The molecule has 0 aliphatic carbocycles. The molecule has 19 heavy (non-hydrogen) atoms. The molecule has 0 bridgehead atoms. The van der Waals surface area contributed by atoms with Crippen LogP contribution in [-0.4, -0.2) is 40.9 Å². The van der Waals surface area contributed by atoms with Gasteiger partial charge in [0.25, 0.3) is 0 Å². The molecule has 1 fully saturated rings. The van der Waals surface area contributed by atoms with Crippen molar-refractivity contribution in [2.24, 2.45) is 0 Å². The molecule has 1 heterocycles. The van der Waals surface area contributed by atoms with Crippen molar-refractivity contribution in [2.45, 2.75) is 25.3 Å². The van der Waals surface area contributed by atoms with Crippen LogP contribution in [-0.2, 0) is 6.42 Å². The summed E-state index contributed by atoms with van der Waals surface area (Å²) < 4.78 is 11.0. The normalized spacial score (nSPS) is 18.4. The van der Waals surface area contributed by atoms with Gasteiger partial charge in [0.2, 0.25) is 0 Å². The van der Waals surface area contributed by atoms with E-state index >= 15 is 0 Å². The third kappa shape index (κ3) is 3.13. The lowest BCUT2D eigenvalue weighted by Crippen LogP contribution is -2.24. The van der Waals surface area contributed by atoms with Crippen molar-refractivity contribution >= 4 is 5.69 Å². The number of methoxy groups -OCH3 is 2. The molecule has 0 saturated carbocycles. The Morgan fingerprint density at radius 3 is 2.47 bits per heavy atom. The van der Waals surface area contributed by atoms with Crippen molar-refractivity contribution in [1.29, 1.82) is 0 Å². The minimum atomic E-state index is 0.559. The fraction of sp³-hybridized carbons (Fsp3) is 0.600. The van der Waals surface area contributed by atoms with Gasteiger partial charge in [0.1, 0.15) is 11.5 Å². The van der Waals surface area contributed by atoms with E-state index in [2.05, 4.69) is 17.4 Å². The van der Waals surface area contributed by atoms with E-state index in [0.717, 1.165) is 30.2 Å². The van der Waals surface area contributed by atoms with Crippen LogP contribution in [0.3, 0.4) is 0 Å². The summed E-state index contributed by atoms with van der Waals surface area (Å²) in [7, 11) is 7.46. The quantitative estimate of drug-likeness (QED) is 0.882. The molecule has 1 aromatic rings. The van der Waals surface area contributed by atoms with Crippen molar-refractivity contribution in [2.75, 3.05) is 39.8 Å². The predicted molar refractivity (Wildman–Crippen MR) is 78.6 cm³/mol. The second-order valence-corrected chi connectivity index (χ2v) is 5.23. The third-order valence-corrected chi connectivity index (χ3v) is 3.69. The summed E-state index contributed by atoms with van der Waals surface area (Å²) in [6.07, 6.45) is 3.49. The number of benzene rings is 1. The molecule has 106 valence electrons. The van der Waals surface area contributed by atoms with Gasteiger partial charge in [-0.2, -0.15) is 0 Å². The van der Waals surface area contributed by atoms with E-state index in [4.69, 9.17) is 9.47 Å². The first-order valence-electron chi connectivity index (χ1n) is 6.81. The second-order valence-electron chi connectivity index (χ2n) is 5.23. The summed E-state index contributed by atoms with van der Waals surface area (Å²) in [5.41, 5.74) is 2.26. The second kappa shape index (κ2) is 6.15. The number of rotatable bonds is 5. The van der Waals surface area contributed by atoms with Crippen molar-refractivity contribution in [3.8, 4) is 11.5 Å². The van der Waals surface area contributed by atoms with Crippen LogP contribution in [0.5, 0.6) is 11.5 Å². The summed E-state index contributed by atoms with van der Waals surface area (Å²) in [6.45, 7) is 1.12. The zero-order chi connectivity index (χ0) is 13.8. The molecular formula is C15H24N2O2. The fourth-order valence-corrected chi connectivity index (χ4v) is 2.65. The number of anilines is 1. The van der Waals surface area contributed by atoms with Crippen molar-refractivity contribution in [1.82, 2.24) is 5.32 Å². The number of nitrogens with zero attached hydrogens (tertiary/aromatic N) is 1. The van der Waals surface area contributed by atoms with Gasteiger partial charge in [0.05, 0.1) is 19.9 Å². The maximum absolute atomic E-state index is 5.54. The third-order valence-electron chi connectivity index (χ3n) is 3.69. The van der Waals surface area contributed by atoms with E-state index in [0.29, 0.717) is 6.04 Å². The zero-order valence-electron chi connectivity index (χ0n) is 12.3. The van der Waals surface area contributed by atoms with Crippen LogP contribution >= 0.6 is 0 Å². The van der Waals surface area contributed by atoms with Crippen LogP contribution in [0.2, 0.25) is 0 Å². The smallest absolute Gasteiger partial charge is 0.142 e. The lowest BCUT2D eigenvalue weighted by atomic mass is 10.0. The molecule has 0 aromatic heterocycles. The molecule has 0 radical (unpaired) electrons. The first-order chi connectivity index (χ1) is 9.15. The average Bonchev–Trinajstić information content (AvgIpc) is 2.90. The van der Waals surface area contributed by atoms with E-state index in [1.54, 1.807) is 14.2 Å². The molecule has 2 rings (SSSR count). The Bertz CT molecular complexity index is 426. The van der Waals surface area contributed by atoms with Gasteiger partial charge in [0.15, 0.2) is 0 Å². The van der Waals surface area contributed by atoms with Crippen LogP contribution in [0.15, 0.2) is 12.1 Å². The number of hydrogen-bond acceptors (Lipinski definition) is 4. The molecule has 4 nitrogen and oxygen atoms in total. The highest BCUT2D eigenvalue weighted by Crippen LogP contribution is 2.35. The van der Waals surface area contributed by atoms with Gasteiger partial charge in [-0.3, -0.25) is 0 Å². The molecule has 1 N–H and O–H groups in total. The van der Waals surface area contributed by atoms with Crippen LogP contribution in [0.4, 0.5) is 5.69 Å². The Kier molecular flexibility index (Phi) is 4.53. The van der Waals surface area contributed by atoms with Crippen LogP contribution < -0.4 is 19.7 Å². The van der Waals surface area contributed by atoms with Gasteiger partial charge < -0.3 is 19.7 Å². The average molecular weight is 264 g/mol. The standard InChI is InChI=1S/C15H24N2O2/c1-17(2)13-10-14(18-3)11(9-15(13)19-4)8-12-6-5-7-16-12/h9-10,12,16H,5-8H2,1-4H3. The summed E-state index contributed by atoms with van der Waals surface area (Å²) in [5, 5.41) is 3.52. The highest BCUT2D eigenvalue weighted by Gasteiger charge is 2.19. The summed E-state index contributed by atoms with van der Waals surface area (Å²) in [5.74, 6) is 1.84. The predicted octanol–water partition coefficient (Wildman–Crippen LogP) is 2.06. The van der Waals surface area contributed by atoms with Crippen LogP contribution in [0.1, 0.15) is 18.4 Å². The Hall–Kier alpha value is -1.42. The molecular weight excluding hydrogens is 240 g/mol. The van der Waals surface area contributed by atoms with E-state index in [1.165, 1.54) is 18.4 Å². The number of ether oxygens (including phenoxy) is 2. The topological polar surface area (TPSA) is 33.7 Å². The Labute approximate surface area is 115 Å². The first-order valence-corrected chi connectivity index (χ1v) is 6.81. The largest absolute Gasteiger partial charge is 0.496 e. The summed E-state index contributed by atoms with van der Waals surface area (Å²) in [4.78, 5) is 2.04. The van der Waals surface area contributed by atoms with Crippen LogP contribution in [0.25, 0.3) is 0 Å². The molecule has 1 unspecified atom stereocenters. The van der Waals surface area contributed by atoms with E-state index < -0.39 is 0 Å². The summed E-state index contributed by atoms with van der Waals surface area (Å²) >= 11 is 0. The lowest BCUT2D eigenvalue weighted by Gasteiger charge is -2.21. The van der Waals surface area contributed by atoms with Crippen LogP contribution in [0, 0.1) is 0 Å². The van der Waals surface area contributed by atoms with Gasteiger partial charge in [0, 0.05) is 26.2 Å². The molecule has 1 aliphatic rings. The van der Waals surface area contributed by atoms with E-state index in [9.17, 15) is 0 Å². The SMILES string of the molecule is COc1cc(N(C)C)c(OC)cc1CC1CCCN1. The monoisotopic (exact) mass is 264 g/mol. The van der Waals surface area contributed by atoms with Gasteiger partial charge in [-0.1, -0.05) is 0 Å².